The Labute approximate surface area is 118 Å². The van der Waals surface area contributed by atoms with Crippen LogP contribution in [0.2, 0.25) is 0 Å². The van der Waals surface area contributed by atoms with Crippen molar-refractivity contribution in [1.82, 2.24) is 4.57 Å². The Balaban J connectivity index is 1.65. The number of rotatable bonds is 7. The van der Waals surface area contributed by atoms with Crippen molar-refractivity contribution in [3.05, 3.63) is 64.6 Å². The van der Waals surface area contributed by atoms with Crippen LogP contribution >= 0.6 is 0 Å². The highest BCUT2D eigenvalue weighted by Gasteiger charge is 1.98. The Hall–Kier alpha value is -2.07. The summed E-state index contributed by atoms with van der Waals surface area (Å²) in [5, 5.41) is 0. The summed E-state index contributed by atoms with van der Waals surface area (Å²) in [6.07, 6.45) is 1.78. The highest BCUT2D eigenvalue weighted by atomic mass is 16.5. The summed E-state index contributed by atoms with van der Waals surface area (Å²) < 4.78 is 12.6. The number of pyridine rings is 1. The number of aromatic nitrogens is 1. The standard InChI is InChI=1S/C16H19NO3/c1-14-6-5-9-17(16(14)18)10-11-19-12-13-20-15-7-3-2-4-8-15/h2-9H,10-13H2,1H3. The van der Waals surface area contributed by atoms with Gasteiger partial charge < -0.3 is 14.0 Å². The minimum absolute atomic E-state index is 0.0386. The number of nitrogens with zero attached hydrogens (tertiary/aromatic N) is 1. The maximum Gasteiger partial charge on any atom is 0.253 e. The predicted molar refractivity (Wildman–Crippen MR) is 78.2 cm³/mol. The maximum atomic E-state index is 11.8. The van der Waals surface area contributed by atoms with Crippen LogP contribution in [-0.4, -0.2) is 24.4 Å². The van der Waals surface area contributed by atoms with E-state index in [9.17, 15) is 4.79 Å². The minimum Gasteiger partial charge on any atom is -0.491 e. The normalized spacial score (nSPS) is 10.4. The average molecular weight is 273 g/mol. The molecular weight excluding hydrogens is 254 g/mol. The third kappa shape index (κ3) is 4.24. The second-order valence-corrected chi connectivity index (χ2v) is 4.46. The van der Waals surface area contributed by atoms with Gasteiger partial charge in [0.1, 0.15) is 12.4 Å². The smallest absolute Gasteiger partial charge is 0.253 e. The van der Waals surface area contributed by atoms with E-state index in [0.29, 0.717) is 26.4 Å². The third-order valence-electron chi connectivity index (χ3n) is 2.93. The molecule has 0 unspecified atom stereocenters. The van der Waals surface area contributed by atoms with E-state index in [4.69, 9.17) is 9.47 Å². The van der Waals surface area contributed by atoms with Crippen LogP contribution in [0, 0.1) is 6.92 Å². The fourth-order valence-corrected chi connectivity index (χ4v) is 1.83. The topological polar surface area (TPSA) is 40.5 Å². The minimum atomic E-state index is 0.0386. The van der Waals surface area contributed by atoms with Crippen LogP contribution in [0.5, 0.6) is 5.75 Å². The van der Waals surface area contributed by atoms with E-state index in [-0.39, 0.29) is 5.56 Å². The van der Waals surface area contributed by atoms with Crippen LogP contribution in [0.25, 0.3) is 0 Å². The number of ether oxygens (including phenoxy) is 2. The van der Waals surface area contributed by atoms with Gasteiger partial charge in [-0.05, 0) is 25.1 Å². The highest BCUT2D eigenvalue weighted by Crippen LogP contribution is 2.07. The lowest BCUT2D eigenvalue weighted by molar-refractivity contribution is 0.0938. The van der Waals surface area contributed by atoms with E-state index in [0.717, 1.165) is 11.3 Å². The first-order valence-corrected chi connectivity index (χ1v) is 6.69. The summed E-state index contributed by atoms with van der Waals surface area (Å²) in [5.41, 5.74) is 0.788. The molecule has 0 saturated carbocycles. The van der Waals surface area contributed by atoms with Crippen LogP contribution in [0.3, 0.4) is 0 Å². The molecule has 1 heterocycles. The Bertz CT molecular complexity index is 578. The second kappa shape index (κ2) is 7.50. The molecule has 0 amide bonds. The van der Waals surface area contributed by atoms with Crippen molar-refractivity contribution in [2.24, 2.45) is 0 Å². The van der Waals surface area contributed by atoms with Crippen molar-refractivity contribution in [3.8, 4) is 5.75 Å². The molecule has 0 radical (unpaired) electrons. The van der Waals surface area contributed by atoms with Gasteiger partial charge in [-0.1, -0.05) is 24.3 Å². The van der Waals surface area contributed by atoms with Gasteiger partial charge in [-0.15, -0.1) is 0 Å². The molecule has 20 heavy (non-hydrogen) atoms. The zero-order valence-corrected chi connectivity index (χ0v) is 11.6. The van der Waals surface area contributed by atoms with Crippen molar-refractivity contribution >= 4 is 0 Å². The molecule has 0 aliphatic rings. The molecule has 0 saturated heterocycles. The summed E-state index contributed by atoms with van der Waals surface area (Å²) in [5.74, 6) is 0.839. The summed E-state index contributed by atoms with van der Waals surface area (Å²) in [6.45, 7) is 3.89. The summed E-state index contributed by atoms with van der Waals surface area (Å²) >= 11 is 0. The van der Waals surface area contributed by atoms with Crippen molar-refractivity contribution in [1.29, 1.82) is 0 Å². The van der Waals surface area contributed by atoms with Crippen LogP contribution in [0.15, 0.2) is 53.5 Å². The number of para-hydroxylation sites is 1. The third-order valence-corrected chi connectivity index (χ3v) is 2.93. The lowest BCUT2D eigenvalue weighted by Gasteiger charge is -2.08. The molecule has 0 aliphatic carbocycles. The fraction of sp³-hybridized carbons (Fsp3) is 0.312. The Kier molecular flexibility index (Phi) is 5.38. The molecule has 1 aromatic carbocycles. The van der Waals surface area contributed by atoms with Crippen molar-refractivity contribution < 1.29 is 9.47 Å². The first kappa shape index (κ1) is 14.3. The summed E-state index contributed by atoms with van der Waals surface area (Å²) in [6, 6.07) is 13.3. The van der Waals surface area contributed by atoms with Crippen LogP contribution in [0.4, 0.5) is 0 Å². The monoisotopic (exact) mass is 273 g/mol. The average Bonchev–Trinajstić information content (AvgIpc) is 2.48. The van der Waals surface area contributed by atoms with Gasteiger partial charge in [0, 0.05) is 18.3 Å². The Morgan fingerprint density at radius 2 is 1.80 bits per heavy atom. The van der Waals surface area contributed by atoms with Crippen molar-refractivity contribution in [3.63, 3.8) is 0 Å². The first-order chi connectivity index (χ1) is 9.77. The van der Waals surface area contributed by atoms with E-state index in [1.165, 1.54) is 0 Å². The Morgan fingerprint density at radius 1 is 1.00 bits per heavy atom. The number of benzene rings is 1. The van der Waals surface area contributed by atoms with Crippen molar-refractivity contribution in [2.75, 3.05) is 19.8 Å². The fourth-order valence-electron chi connectivity index (χ4n) is 1.83. The van der Waals surface area contributed by atoms with Gasteiger partial charge in [0.25, 0.3) is 5.56 Å². The zero-order valence-electron chi connectivity index (χ0n) is 11.6. The molecule has 2 rings (SSSR count). The second-order valence-electron chi connectivity index (χ2n) is 4.46. The first-order valence-electron chi connectivity index (χ1n) is 6.69. The van der Waals surface area contributed by atoms with E-state index in [1.807, 2.05) is 49.4 Å². The maximum absolute atomic E-state index is 11.8. The van der Waals surface area contributed by atoms with Gasteiger partial charge in [0.05, 0.1) is 13.2 Å². The molecule has 106 valence electrons. The van der Waals surface area contributed by atoms with E-state index < -0.39 is 0 Å². The van der Waals surface area contributed by atoms with Gasteiger partial charge in [0.2, 0.25) is 0 Å². The Morgan fingerprint density at radius 3 is 2.60 bits per heavy atom. The molecular formula is C16H19NO3. The lowest BCUT2D eigenvalue weighted by atomic mass is 10.3. The summed E-state index contributed by atoms with van der Waals surface area (Å²) in [7, 11) is 0. The quantitative estimate of drug-likeness (QED) is 0.726. The van der Waals surface area contributed by atoms with Crippen LogP contribution in [-0.2, 0) is 11.3 Å². The van der Waals surface area contributed by atoms with Gasteiger partial charge in [0.15, 0.2) is 0 Å². The van der Waals surface area contributed by atoms with E-state index in [2.05, 4.69) is 0 Å². The van der Waals surface area contributed by atoms with Crippen LogP contribution < -0.4 is 10.3 Å². The molecule has 4 nitrogen and oxygen atoms in total. The number of hydrogen-bond donors (Lipinski definition) is 0. The molecule has 0 N–H and O–H groups in total. The van der Waals surface area contributed by atoms with Crippen molar-refractivity contribution in [2.45, 2.75) is 13.5 Å². The molecule has 1 aromatic heterocycles. The molecule has 0 fully saturated rings. The van der Waals surface area contributed by atoms with E-state index >= 15 is 0 Å². The zero-order chi connectivity index (χ0) is 14.2. The molecule has 4 heteroatoms. The van der Waals surface area contributed by atoms with Gasteiger partial charge in [-0.3, -0.25) is 4.79 Å². The van der Waals surface area contributed by atoms with Gasteiger partial charge in [-0.25, -0.2) is 0 Å². The van der Waals surface area contributed by atoms with E-state index in [1.54, 1.807) is 10.8 Å². The highest BCUT2D eigenvalue weighted by molar-refractivity contribution is 5.20. The van der Waals surface area contributed by atoms with Gasteiger partial charge in [-0.2, -0.15) is 0 Å². The number of hydrogen-bond acceptors (Lipinski definition) is 3. The predicted octanol–water partition coefficient (Wildman–Crippen LogP) is 2.25. The summed E-state index contributed by atoms with van der Waals surface area (Å²) in [4.78, 5) is 11.8. The number of aryl methyl sites for hydroxylation is 1. The van der Waals surface area contributed by atoms with Crippen LogP contribution in [0.1, 0.15) is 5.56 Å². The molecule has 0 atom stereocenters. The molecule has 0 aliphatic heterocycles. The molecule has 0 spiro atoms. The van der Waals surface area contributed by atoms with Gasteiger partial charge >= 0.3 is 0 Å². The SMILES string of the molecule is Cc1cccn(CCOCCOc2ccccc2)c1=O. The lowest BCUT2D eigenvalue weighted by Crippen LogP contribution is -2.23. The molecule has 2 aromatic rings. The molecule has 0 bridgehead atoms. The largest absolute Gasteiger partial charge is 0.491 e.